The average Bonchev–Trinajstić information content (AvgIpc) is 3.28. The van der Waals surface area contributed by atoms with Crippen LogP contribution in [0.25, 0.3) is 12.2 Å². The van der Waals surface area contributed by atoms with Crippen LogP contribution in [0.2, 0.25) is 0 Å². The molecule has 168 valence electrons. The van der Waals surface area contributed by atoms with Gasteiger partial charge in [0.1, 0.15) is 0 Å². The van der Waals surface area contributed by atoms with E-state index in [1.165, 1.54) is 33.9 Å². The minimum absolute atomic E-state index is 0. The first kappa shape index (κ1) is 26.3. The van der Waals surface area contributed by atoms with Gasteiger partial charge in [0.25, 0.3) is 0 Å². The normalized spacial score (nSPS) is 17.4. The van der Waals surface area contributed by atoms with Crippen molar-refractivity contribution in [3.63, 3.8) is 0 Å². The Hall–Kier alpha value is -1.35. The second kappa shape index (κ2) is 10.9. The molecule has 0 saturated carbocycles. The van der Waals surface area contributed by atoms with Crippen LogP contribution in [0.5, 0.6) is 0 Å². The van der Waals surface area contributed by atoms with Crippen molar-refractivity contribution in [2.24, 2.45) is 0 Å². The van der Waals surface area contributed by atoms with Crippen LogP contribution in [0.1, 0.15) is 61.2 Å². The summed E-state index contributed by atoms with van der Waals surface area (Å²) < 4.78 is 1.38. The van der Waals surface area contributed by atoms with Gasteiger partial charge >= 0.3 is 195 Å². The Morgan fingerprint density at radius 1 is 0.636 bits per heavy atom. The molecule has 0 saturated heterocycles. The Bertz CT molecular complexity index is 1180. The molecule has 0 N–H and O–H groups in total. The molecular formula is C29H30Cl2SiTi. The van der Waals surface area contributed by atoms with Crippen molar-refractivity contribution in [1.29, 1.82) is 0 Å². The van der Waals surface area contributed by atoms with Crippen molar-refractivity contribution < 1.29 is 41.4 Å². The van der Waals surface area contributed by atoms with Gasteiger partial charge in [0, 0.05) is 0 Å². The van der Waals surface area contributed by atoms with Crippen LogP contribution >= 0.6 is 0 Å². The van der Waals surface area contributed by atoms with Gasteiger partial charge in [0.15, 0.2) is 0 Å². The van der Waals surface area contributed by atoms with E-state index in [1.807, 2.05) is 0 Å². The van der Waals surface area contributed by atoms with Crippen LogP contribution in [0.4, 0.5) is 0 Å². The molecule has 3 aromatic carbocycles. The third-order valence-corrected chi connectivity index (χ3v) is 18.6. The first-order valence-electron chi connectivity index (χ1n) is 11.3. The molecule has 0 aromatic heterocycles. The number of hydrogen-bond acceptors (Lipinski definition) is 0. The van der Waals surface area contributed by atoms with Crippen molar-refractivity contribution in [2.45, 2.75) is 42.2 Å². The fourth-order valence-corrected chi connectivity index (χ4v) is 19.2. The predicted molar refractivity (Wildman–Crippen MR) is 132 cm³/mol. The number of hydrogen-bond donors (Lipinski definition) is 0. The minimum atomic E-state index is -1.56. The van der Waals surface area contributed by atoms with Crippen LogP contribution in [-0.4, -0.2) is 6.91 Å². The summed E-state index contributed by atoms with van der Waals surface area (Å²) in [4.78, 5) is 0. The Balaban J connectivity index is 0.00000153. The van der Waals surface area contributed by atoms with Gasteiger partial charge in [-0.2, -0.15) is 0 Å². The Morgan fingerprint density at radius 2 is 1.12 bits per heavy atom. The number of rotatable bonds is 4. The van der Waals surface area contributed by atoms with Crippen molar-refractivity contribution >= 4 is 19.1 Å². The Morgan fingerprint density at radius 3 is 1.61 bits per heavy atom. The zero-order valence-electron chi connectivity index (χ0n) is 19.7. The number of allylic oxidation sites excluding steroid dienone is 2. The van der Waals surface area contributed by atoms with Gasteiger partial charge in [-0.3, -0.25) is 0 Å². The summed E-state index contributed by atoms with van der Waals surface area (Å²) >= 11 is -1.56. The maximum Gasteiger partial charge on any atom is -1.00 e. The van der Waals surface area contributed by atoms with Crippen LogP contribution in [-0.2, 0) is 22.7 Å². The first-order chi connectivity index (χ1) is 15.0. The van der Waals surface area contributed by atoms with Crippen molar-refractivity contribution in [2.75, 3.05) is 0 Å². The molecule has 0 aliphatic heterocycles. The molecule has 0 nitrogen and oxygen atoms in total. The monoisotopic (exact) mass is 524 g/mol. The van der Waals surface area contributed by atoms with E-state index in [0.29, 0.717) is 15.4 Å². The number of fused-ring (bicyclic) bond motifs is 2. The fraction of sp³-hybridized carbons (Fsp3) is 0.241. The van der Waals surface area contributed by atoms with E-state index in [9.17, 15) is 0 Å². The van der Waals surface area contributed by atoms with E-state index < -0.39 is 16.6 Å². The molecule has 2 unspecified atom stereocenters. The Kier molecular flexibility index (Phi) is 8.70. The van der Waals surface area contributed by atoms with Crippen molar-refractivity contribution in [3.05, 3.63) is 117 Å². The SMILES string of the molecule is CC1=Cc2c(C)cccc2[CH]1[Ti+2](=[SiH]Cc1ccccc1)[CH]1C(C)=Cc2c(C)cccc21.[Cl-].[Cl-]. The molecule has 0 fully saturated rings. The zero-order chi connectivity index (χ0) is 21.5. The van der Waals surface area contributed by atoms with E-state index in [2.05, 4.69) is 107 Å². The summed E-state index contributed by atoms with van der Waals surface area (Å²) in [6.07, 6.45) is 5.02. The van der Waals surface area contributed by atoms with E-state index in [0.717, 1.165) is 0 Å². The molecule has 5 rings (SSSR count). The molecule has 4 heteroatoms. The molecule has 2 aliphatic rings. The van der Waals surface area contributed by atoms with Crippen LogP contribution in [0.15, 0.2) is 77.9 Å². The molecule has 0 amide bonds. The number of aryl methyl sites for hydroxylation is 2. The summed E-state index contributed by atoms with van der Waals surface area (Å²) in [5.74, 6) is 0. The summed E-state index contributed by atoms with van der Waals surface area (Å²) in [5, 5.41) is 0. The molecule has 0 radical (unpaired) electrons. The van der Waals surface area contributed by atoms with Gasteiger partial charge in [-0.1, -0.05) is 0 Å². The van der Waals surface area contributed by atoms with Crippen LogP contribution in [0.3, 0.4) is 0 Å². The zero-order valence-corrected chi connectivity index (χ0v) is 23.9. The number of halogens is 2. The van der Waals surface area contributed by atoms with Gasteiger partial charge in [-0.25, -0.2) is 0 Å². The van der Waals surface area contributed by atoms with Gasteiger partial charge in [-0.05, 0) is 0 Å². The molecule has 2 atom stereocenters. The van der Waals surface area contributed by atoms with Gasteiger partial charge in [0.2, 0.25) is 0 Å². The summed E-state index contributed by atoms with van der Waals surface area (Å²) in [6.45, 7) is 9.79. The molecule has 3 aromatic rings. The smallest absolute Gasteiger partial charge is 1.00 e. The molecule has 0 spiro atoms. The molecule has 0 heterocycles. The molecular weight excluding hydrogens is 495 g/mol. The third kappa shape index (κ3) is 4.90. The van der Waals surface area contributed by atoms with Crippen LogP contribution in [0, 0.1) is 13.8 Å². The van der Waals surface area contributed by atoms with Crippen molar-refractivity contribution in [1.82, 2.24) is 0 Å². The summed E-state index contributed by atoms with van der Waals surface area (Å²) in [6, 6.07) is 26.5. The van der Waals surface area contributed by atoms with Gasteiger partial charge in [0.05, 0.1) is 0 Å². The minimum Gasteiger partial charge on any atom is -1.00 e. The third-order valence-electron chi connectivity index (χ3n) is 7.08. The largest absolute Gasteiger partial charge is 1.00 e. The molecule has 33 heavy (non-hydrogen) atoms. The van der Waals surface area contributed by atoms with Crippen molar-refractivity contribution in [3.8, 4) is 0 Å². The predicted octanol–water partition coefficient (Wildman–Crippen LogP) is 1.10. The van der Waals surface area contributed by atoms with Crippen LogP contribution < -0.4 is 24.8 Å². The van der Waals surface area contributed by atoms with Gasteiger partial charge < -0.3 is 24.8 Å². The van der Waals surface area contributed by atoms with E-state index >= 15 is 0 Å². The fourth-order valence-electron chi connectivity index (χ4n) is 5.55. The average molecular weight is 525 g/mol. The summed E-state index contributed by atoms with van der Waals surface area (Å²) in [5.41, 5.74) is 13.9. The number of benzene rings is 3. The van der Waals surface area contributed by atoms with E-state index in [4.69, 9.17) is 0 Å². The quantitative estimate of drug-likeness (QED) is 0.448. The first-order valence-corrected chi connectivity index (χ1v) is 17.2. The van der Waals surface area contributed by atoms with E-state index in [1.54, 1.807) is 22.3 Å². The second-order valence-electron chi connectivity index (χ2n) is 9.19. The molecule has 0 bridgehead atoms. The Labute approximate surface area is 218 Å². The maximum atomic E-state index is 2.51. The maximum absolute atomic E-state index is 2.51. The van der Waals surface area contributed by atoms with E-state index in [-0.39, 0.29) is 24.8 Å². The van der Waals surface area contributed by atoms with Gasteiger partial charge in [-0.15, -0.1) is 0 Å². The standard InChI is InChI=1S/2C11H11.C7H8Si.2ClH.Ti/c2*1-8-6-10-5-3-4-9(2)11(10)7-8;8-6-7-4-2-1-3-5-7;;;/h2*3-7H,1-2H3;1-5,8H,6H2;2*1H;/q;;;;;+2/p-2. The summed E-state index contributed by atoms with van der Waals surface area (Å²) in [7, 11) is 0. The second-order valence-corrected chi connectivity index (χ2v) is 18.0. The molecule has 2 aliphatic carbocycles. The topological polar surface area (TPSA) is 0 Å².